The second-order valence-corrected chi connectivity index (χ2v) is 4.43. The van der Waals surface area contributed by atoms with Crippen LogP contribution in [0.15, 0.2) is 0 Å². The first-order chi connectivity index (χ1) is 9.02. The molecule has 1 aromatic rings. The molecule has 108 valence electrons. The molecule has 0 saturated carbocycles. The summed E-state index contributed by atoms with van der Waals surface area (Å²) in [5.41, 5.74) is 0. The average molecular weight is 269 g/mol. The highest BCUT2D eigenvalue weighted by Crippen LogP contribution is 2.12. The highest BCUT2D eigenvalue weighted by molar-refractivity contribution is 5.36. The Kier molecular flexibility index (Phi) is 6.27. The van der Waals surface area contributed by atoms with Gasteiger partial charge in [0.2, 0.25) is 11.9 Å². The molecule has 0 aliphatic carbocycles. The molecular formula is C12H23N5O2. The zero-order valence-corrected chi connectivity index (χ0v) is 12.3. The van der Waals surface area contributed by atoms with Crippen LogP contribution in [-0.4, -0.2) is 54.9 Å². The van der Waals surface area contributed by atoms with Crippen molar-refractivity contribution in [1.82, 2.24) is 15.0 Å². The van der Waals surface area contributed by atoms with Gasteiger partial charge in [0.15, 0.2) is 0 Å². The van der Waals surface area contributed by atoms with Crippen LogP contribution in [0.3, 0.4) is 0 Å². The van der Waals surface area contributed by atoms with Crippen LogP contribution in [0, 0.1) is 0 Å². The van der Waals surface area contributed by atoms with Crippen molar-refractivity contribution in [3.63, 3.8) is 0 Å². The SMILES string of the molecule is CCNc1nc(OCCOC(C)C)nc(N(C)C)n1. The molecule has 0 bridgehead atoms. The van der Waals surface area contributed by atoms with Crippen LogP contribution >= 0.6 is 0 Å². The lowest BCUT2D eigenvalue weighted by molar-refractivity contribution is 0.0531. The van der Waals surface area contributed by atoms with Crippen LogP contribution in [0.1, 0.15) is 20.8 Å². The third-order valence-electron chi connectivity index (χ3n) is 2.10. The first-order valence-electron chi connectivity index (χ1n) is 6.44. The number of hydrogen-bond donors (Lipinski definition) is 1. The van der Waals surface area contributed by atoms with E-state index in [0.717, 1.165) is 6.54 Å². The van der Waals surface area contributed by atoms with Crippen LogP contribution < -0.4 is 15.0 Å². The van der Waals surface area contributed by atoms with Crippen molar-refractivity contribution in [1.29, 1.82) is 0 Å². The van der Waals surface area contributed by atoms with Gasteiger partial charge in [-0.25, -0.2) is 0 Å². The number of hydrogen-bond acceptors (Lipinski definition) is 7. The second-order valence-electron chi connectivity index (χ2n) is 4.43. The largest absolute Gasteiger partial charge is 0.461 e. The highest BCUT2D eigenvalue weighted by Gasteiger charge is 2.08. The fourth-order valence-electron chi connectivity index (χ4n) is 1.26. The lowest BCUT2D eigenvalue weighted by atomic mass is 10.5. The van der Waals surface area contributed by atoms with E-state index >= 15 is 0 Å². The lowest BCUT2D eigenvalue weighted by Crippen LogP contribution is -2.17. The summed E-state index contributed by atoms with van der Waals surface area (Å²) in [7, 11) is 3.74. The monoisotopic (exact) mass is 269 g/mol. The number of aromatic nitrogens is 3. The highest BCUT2D eigenvalue weighted by atomic mass is 16.5. The molecule has 7 heteroatoms. The fraction of sp³-hybridized carbons (Fsp3) is 0.750. The summed E-state index contributed by atoms with van der Waals surface area (Å²) in [5, 5.41) is 3.05. The van der Waals surface area contributed by atoms with Crippen molar-refractivity contribution >= 4 is 11.9 Å². The van der Waals surface area contributed by atoms with Crippen LogP contribution in [0.2, 0.25) is 0 Å². The first kappa shape index (κ1) is 15.4. The maximum absolute atomic E-state index is 5.48. The van der Waals surface area contributed by atoms with Gasteiger partial charge in [0.1, 0.15) is 6.61 Å². The van der Waals surface area contributed by atoms with Crippen molar-refractivity contribution in [2.75, 3.05) is 44.1 Å². The van der Waals surface area contributed by atoms with Gasteiger partial charge in [-0.3, -0.25) is 0 Å². The summed E-state index contributed by atoms with van der Waals surface area (Å²) in [6.07, 6.45) is 0.191. The molecule has 19 heavy (non-hydrogen) atoms. The molecule has 0 radical (unpaired) electrons. The lowest BCUT2D eigenvalue weighted by Gasteiger charge is -2.13. The van der Waals surface area contributed by atoms with Gasteiger partial charge in [0.25, 0.3) is 0 Å². The van der Waals surface area contributed by atoms with Crippen LogP contribution in [-0.2, 0) is 4.74 Å². The number of ether oxygens (including phenoxy) is 2. The molecule has 0 aliphatic rings. The van der Waals surface area contributed by atoms with Crippen molar-refractivity contribution in [2.45, 2.75) is 26.9 Å². The van der Waals surface area contributed by atoms with Gasteiger partial charge in [-0.15, -0.1) is 0 Å². The Bertz CT molecular complexity index is 384. The molecule has 0 saturated heterocycles. The van der Waals surface area contributed by atoms with Gasteiger partial charge in [0, 0.05) is 20.6 Å². The van der Waals surface area contributed by atoms with Crippen LogP contribution in [0.25, 0.3) is 0 Å². The standard InChI is InChI=1S/C12H23N5O2/c1-6-13-10-14-11(17(4)5)16-12(15-10)19-8-7-18-9(2)3/h9H,6-8H2,1-5H3,(H,13,14,15,16). The minimum Gasteiger partial charge on any atom is -0.461 e. The molecule has 0 fully saturated rings. The van der Waals surface area contributed by atoms with E-state index in [9.17, 15) is 0 Å². The third-order valence-corrected chi connectivity index (χ3v) is 2.10. The van der Waals surface area contributed by atoms with E-state index in [-0.39, 0.29) is 6.10 Å². The zero-order valence-electron chi connectivity index (χ0n) is 12.3. The Balaban J connectivity index is 2.65. The molecule has 1 rings (SSSR count). The molecule has 1 aromatic heterocycles. The molecule has 0 amide bonds. The number of nitrogens with one attached hydrogen (secondary N) is 1. The summed E-state index contributed by atoms with van der Waals surface area (Å²) in [6.45, 7) is 7.62. The summed E-state index contributed by atoms with van der Waals surface area (Å²) < 4.78 is 10.9. The molecule has 1 heterocycles. The van der Waals surface area contributed by atoms with Gasteiger partial charge < -0.3 is 19.7 Å². The van der Waals surface area contributed by atoms with E-state index in [2.05, 4.69) is 20.3 Å². The van der Waals surface area contributed by atoms with E-state index in [1.54, 1.807) is 4.90 Å². The maximum atomic E-state index is 5.48. The van der Waals surface area contributed by atoms with E-state index in [4.69, 9.17) is 9.47 Å². The normalized spacial score (nSPS) is 10.6. The van der Waals surface area contributed by atoms with Crippen LogP contribution in [0.5, 0.6) is 6.01 Å². The van der Waals surface area contributed by atoms with E-state index in [0.29, 0.717) is 31.1 Å². The molecule has 0 aromatic carbocycles. The fourth-order valence-corrected chi connectivity index (χ4v) is 1.26. The van der Waals surface area contributed by atoms with E-state index in [1.165, 1.54) is 0 Å². The number of nitrogens with zero attached hydrogens (tertiary/aromatic N) is 4. The Morgan fingerprint density at radius 3 is 2.47 bits per heavy atom. The maximum Gasteiger partial charge on any atom is 0.323 e. The van der Waals surface area contributed by atoms with Gasteiger partial charge >= 0.3 is 6.01 Å². The van der Waals surface area contributed by atoms with Gasteiger partial charge in [-0.2, -0.15) is 15.0 Å². The molecule has 0 atom stereocenters. The smallest absolute Gasteiger partial charge is 0.323 e. The zero-order chi connectivity index (χ0) is 14.3. The average Bonchev–Trinajstić information content (AvgIpc) is 2.34. The van der Waals surface area contributed by atoms with Crippen molar-refractivity contribution in [3.8, 4) is 6.01 Å². The summed E-state index contributed by atoms with van der Waals surface area (Å²) in [6, 6.07) is 0.307. The molecule has 0 spiro atoms. The Labute approximate surface area is 114 Å². The molecule has 0 aliphatic heterocycles. The van der Waals surface area contributed by atoms with Crippen molar-refractivity contribution in [2.24, 2.45) is 0 Å². The van der Waals surface area contributed by atoms with Crippen molar-refractivity contribution in [3.05, 3.63) is 0 Å². The second kappa shape index (κ2) is 7.73. The minimum absolute atomic E-state index is 0.191. The number of rotatable bonds is 8. The van der Waals surface area contributed by atoms with Gasteiger partial charge in [0.05, 0.1) is 12.7 Å². The van der Waals surface area contributed by atoms with Gasteiger partial charge in [-0.1, -0.05) is 0 Å². The quantitative estimate of drug-likeness (QED) is 0.710. The number of anilines is 2. The van der Waals surface area contributed by atoms with E-state index < -0.39 is 0 Å². The summed E-state index contributed by atoms with van der Waals surface area (Å²) in [4.78, 5) is 14.5. The third kappa shape index (κ3) is 5.69. The van der Waals surface area contributed by atoms with Gasteiger partial charge in [-0.05, 0) is 20.8 Å². The predicted octanol–water partition coefficient (Wildman–Crippen LogP) is 1.17. The Hall–Kier alpha value is -1.63. The summed E-state index contributed by atoms with van der Waals surface area (Å²) in [5.74, 6) is 1.08. The predicted molar refractivity (Wildman–Crippen MR) is 74.9 cm³/mol. The van der Waals surface area contributed by atoms with Crippen molar-refractivity contribution < 1.29 is 9.47 Å². The minimum atomic E-state index is 0.191. The topological polar surface area (TPSA) is 72.4 Å². The van der Waals surface area contributed by atoms with Crippen LogP contribution in [0.4, 0.5) is 11.9 Å². The molecule has 7 nitrogen and oxygen atoms in total. The molecular weight excluding hydrogens is 246 g/mol. The Morgan fingerprint density at radius 2 is 1.89 bits per heavy atom. The molecule has 0 unspecified atom stereocenters. The van der Waals surface area contributed by atoms with E-state index in [1.807, 2.05) is 34.9 Å². The Morgan fingerprint density at radius 1 is 1.16 bits per heavy atom. The summed E-state index contributed by atoms with van der Waals surface area (Å²) >= 11 is 0. The first-order valence-corrected chi connectivity index (χ1v) is 6.44. The molecule has 1 N–H and O–H groups in total.